The quantitative estimate of drug-likeness (QED) is 0.325. The summed E-state index contributed by atoms with van der Waals surface area (Å²) in [5, 5.41) is 0. The van der Waals surface area contributed by atoms with Crippen molar-refractivity contribution in [3.8, 4) is 11.1 Å². The molecule has 34 heavy (non-hydrogen) atoms. The lowest BCUT2D eigenvalue weighted by Crippen LogP contribution is -2.27. The van der Waals surface area contributed by atoms with Crippen LogP contribution in [0.2, 0.25) is 0 Å². The first-order valence-electron chi connectivity index (χ1n) is 13.8. The standard InChI is InChI=1S/C31H43FO2/c1-3-5-7-9-24-21-33-31(34-22-24)28-18-19-29(30(32)20-28)27-16-14-26(15-17-27)25-12-10-23(11-13-25)8-6-4-2/h14-20,23-25,31H,3-13,21-22H2,1-2H3/t23?,24-,25?,31-. The molecule has 0 radical (unpaired) electrons. The SMILES string of the molecule is CCCCC[C@H]1CO[C@H](c2ccc(-c3ccc(C4CCC(CCCC)CC4)cc3)c(F)c2)OC1. The molecule has 2 aromatic rings. The normalized spacial score (nSPS) is 25.4. The summed E-state index contributed by atoms with van der Waals surface area (Å²) in [6.45, 7) is 5.89. The minimum Gasteiger partial charge on any atom is -0.348 e. The summed E-state index contributed by atoms with van der Waals surface area (Å²) in [4.78, 5) is 0. The molecule has 0 atom stereocenters. The van der Waals surface area contributed by atoms with Crippen molar-refractivity contribution in [3.63, 3.8) is 0 Å². The van der Waals surface area contributed by atoms with Crippen LogP contribution in [0, 0.1) is 17.7 Å². The molecule has 1 saturated heterocycles. The minimum absolute atomic E-state index is 0.209. The van der Waals surface area contributed by atoms with E-state index in [1.165, 1.54) is 69.8 Å². The number of halogens is 1. The van der Waals surface area contributed by atoms with Crippen molar-refractivity contribution in [2.45, 2.75) is 96.7 Å². The Morgan fingerprint density at radius 3 is 2.03 bits per heavy atom. The Labute approximate surface area is 206 Å². The van der Waals surface area contributed by atoms with Gasteiger partial charge in [0, 0.05) is 17.0 Å². The van der Waals surface area contributed by atoms with Crippen LogP contribution in [0.4, 0.5) is 4.39 Å². The highest BCUT2D eigenvalue weighted by Gasteiger charge is 2.25. The first-order chi connectivity index (χ1) is 16.7. The fraction of sp³-hybridized carbons (Fsp3) is 0.613. The first-order valence-corrected chi connectivity index (χ1v) is 13.8. The lowest BCUT2D eigenvalue weighted by molar-refractivity contribution is -0.206. The van der Waals surface area contributed by atoms with Crippen LogP contribution < -0.4 is 0 Å². The van der Waals surface area contributed by atoms with Gasteiger partial charge in [-0.3, -0.25) is 0 Å². The molecule has 0 amide bonds. The second-order valence-corrected chi connectivity index (χ2v) is 10.6. The molecule has 2 aliphatic rings. The van der Waals surface area contributed by atoms with Gasteiger partial charge in [-0.15, -0.1) is 0 Å². The van der Waals surface area contributed by atoms with E-state index in [0.29, 0.717) is 30.6 Å². The van der Waals surface area contributed by atoms with Gasteiger partial charge in [-0.1, -0.05) is 88.8 Å². The van der Waals surface area contributed by atoms with Crippen LogP contribution in [-0.2, 0) is 9.47 Å². The Morgan fingerprint density at radius 2 is 1.38 bits per heavy atom. The first kappa shape index (κ1) is 25.4. The maximum absolute atomic E-state index is 15.1. The topological polar surface area (TPSA) is 18.5 Å². The van der Waals surface area contributed by atoms with Gasteiger partial charge in [0.25, 0.3) is 0 Å². The Hall–Kier alpha value is -1.71. The van der Waals surface area contributed by atoms with Gasteiger partial charge in [-0.05, 0) is 61.1 Å². The van der Waals surface area contributed by atoms with Gasteiger partial charge in [0.15, 0.2) is 6.29 Å². The zero-order valence-electron chi connectivity index (χ0n) is 21.2. The molecular formula is C31H43FO2. The predicted molar refractivity (Wildman–Crippen MR) is 138 cm³/mol. The molecule has 3 heteroatoms. The number of ether oxygens (including phenoxy) is 2. The predicted octanol–water partition coefficient (Wildman–Crippen LogP) is 9.20. The summed E-state index contributed by atoms with van der Waals surface area (Å²) < 4.78 is 26.9. The molecule has 0 unspecified atom stereocenters. The van der Waals surface area contributed by atoms with Gasteiger partial charge < -0.3 is 9.47 Å². The van der Waals surface area contributed by atoms with Gasteiger partial charge in [-0.2, -0.15) is 0 Å². The van der Waals surface area contributed by atoms with E-state index in [2.05, 4.69) is 38.1 Å². The largest absolute Gasteiger partial charge is 0.348 e. The van der Waals surface area contributed by atoms with Crippen LogP contribution in [0.5, 0.6) is 0 Å². The summed E-state index contributed by atoms with van der Waals surface area (Å²) in [5.74, 6) is 1.83. The van der Waals surface area contributed by atoms with Crippen molar-refractivity contribution in [3.05, 3.63) is 59.4 Å². The van der Waals surface area contributed by atoms with Crippen molar-refractivity contribution >= 4 is 0 Å². The van der Waals surface area contributed by atoms with E-state index in [4.69, 9.17) is 9.47 Å². The average Bonchev–Trinajstić information content (AvgIpc) is 2.88. The fourth-order valence-electron chi connectivity index (χ4n) is 5.71. The van der Waals surface area contributed by atoms with E-state index in [0.717, 1.165) is 23.5 Å². The molecule has 186 valence electrons. The smallest absolute Gasteiger partial charge is 0.183 e. The number of rotatable bonds is 10. The van der Waals surface area contributed by atoms with Crippen LogP contribution in [-0.4, -0.2) is 13.2 Å². The minimum atomic E-state index is -0.458. The summed E-state index contributed by atoms with van der Waals surface area (Å²) in [7, 11) is 0. The van der Waals surface area contributed by atoms with Crippen LogP contribution >= 0.6 is 0 Å². The Bertz CT molecular complexity index is 862. The van der Waals surface area contributed by atoms with Gasteiger partial charge in [-0.25, -0.2) is 4.39 Å². The van der Waals surface area contributed by atoms with Crippen molar-refractivity contribution in [1.82, 2.24) is 0 Å². The van der Waals surface area contributed by atoms with E-state index in [1.54, 1.807) is 6.07 Å². The second-order valence-electron chi connectivity index (χ2n) is 10.6. The zero-order valence-corrected chi connectivity index (χ0v) is 21.2. The molecule has 0 N–H and O–H groups in total. The van der Waals surface area contributed by atoms with Crippen molar-refractivity contribution in [2.24, 2.45) is 11.8 Å². The highest BCUT2D eigenvalue weighted by Crippen LogP contribution is 2.38. The average molecular weight is 467 g/mol. The van der Waals surface area contributed by atoms with Gasteiger partial charge >= 0.3 is 0 Å². The number of unbranched alkanes of at least 4 members (excludes halogenated alkanes) is 3. The van der Waals surface area contributed by atoms with Crippen molar-refractivity contribution in [2.75, 3.05) is 13.2 Å². The zero-order chi connectivity index (χ0) is 23.8. The van der Waals surface area contributed by atoms with Gasteiger partial charge in [0.05, 0.1) is 13.2 Å². The lowest BCUT2D eigenvalue weighted by atomic mass is 9.77. The summed E-state index contributed by atoms with van der Waals surface area (Å²) in [5.41, 5.74) is 3.76. The van der Waals surface area contributed by atoms with E-state index in [9.17, 15) is 0 Å². The maximum atomic E-state index is 15.1. The van der Waals surface area contributed by atoms with E-state index >= 15 is 4.39 Å². The molecule has 0 spiro atoms. The summed E-state index contributed by atoms with van der Waals surface area (Å²) in [6, 6.07) is 14.0. The van der Waals surface area contributed by atoms with Crippen molar-refractivity contribution in [1.29, 1.82) is 0 Å². The third-order valence-corrected chi connectivity index (χ3v) is 7.95. The second kappa shape index (κ2) is 12.8. The van der Waals surface area contributed by atoms with Crippen LogP contribution in [0.15, 0.2) is 42.5 Å². The molecule has 2 nitrogen and oxygen atoms in total. The highest BCUT2D eigenvalue weighted by atomic mass is 19.1. The third-order valence-electron chi connectivity index (χ3n) is 7.95. The molecule has 0 aromatic heterocycles. The fourth-order valence-corrected chi connectivity index (χ4v) is 5.71. The number of benzene rings is 2. The van der Waals surface area contributed by atoms with Crippen LogP contribution in [0.1, 0.15) is 108 Å². The summed E-state index contributed by atoms with van der Waals surface area (Å²) >= 11 is 0. The molecule has 1 aliphatic carbocycles. The number of hydrogen-bond donors (Lipinski definition) is 0. The number of hydrogen-bond acceptors (Lipinski definition) is 2. The maximum Gasteiger partial charge on any atom is 0.183 e. The Balaban J connectivity index is 1.32. The third kappa shape index (κ3) is 6.70. The highest BCUT2D eigenvalue weighted by molar-refractivity contribution is 5.65. The molecule has 2 aromatic carbocycles. The molecule has 1 aliphatic heterocycles. The molecule has 4 rings (SSSR count). The van der Waals surface area contributed by atoms with Crippen molar-refractivity contribution < 1.29 is 13.9 Å². The van der Waals surface area contributed by atoms with Crippen LogP contribution in [0.25, 0.3) is 11.1 Å². The van der Waals surface area contributed by atoms with Gasteiger partial charge in [0.2, 0.25) is 0 Å². The molecular weight excluding hydrogens is 423 g/mol. The molecule has 0 bridgehead atoms. The Morgan fingerprint density at radius 1 is 0.735 bits per heavy atom. The lowest BCUT2D eigenvalue weighted by Gasteiger charge is -2.30. The van der Waals surface area contributed by atoms with E-state index in [-0.39, 0.29) is 5.82 Å². The van der Waals surface area contributed by atoms with E-state index < -0.39 is 6.29 Å². The summed E-state index contributed by atoms with van der Waals surface area (Å²) in [6.07, 6.45) is 13.8. The Kier molecular flexibility index (Phi) is 9.58. The molecule has 1 heterocycles. The molecule has 2 fully saturated rings. The van der Waals surface area contributed by atoms with Gasteiger partial charge in [0.1, 0.15) is 5.82 Å². The molecule has 1 saturated carbocycles. The van der Waals surface area contributed by atoms with Crippen LogP contribution in [0.3, 0.4) is 0 Å². The monoisotopic (exact) mass is 466 g/mol. The van der Waals surface area contributed by atoms with E-state index in [1.807, 2.05) is 12.1 Å².